The number of nitro groups is 1. The molecule has 0 fully saturated rings. The SMILES string of the molecule is Cc1cccc(-n2ncc3c(=O)n4c(nc32)SCC4CC(=O)Nc2cc([N+](=O)[O-])ccc2C)c1. The van der Waals surface area contributed by atoms with Gasteiger partial charge in [-0.25, -0.2) is 9.67 Å². The summed E-state index contributed by atoms with van der Waals surface area (Å²) in [5.41, 5.74) is 3.11. The standard InChI is InChI=1S/C23H20N6O4S/c1-13-4-3-5-15(8-13)28-21-18(11-24-28)22(31)27-17(12-34-23(27)26-21)10-20(30)25-19-9-16(29(32)33)7-6-14(19)2/h3-9,11,17H,10,12H2,1-2H3,(H,25,30). The molecule has 1 aliphatic heterocycles. The van der Waals surface area contributed by atoms with Crippen molar-refractivity contribution < 1.29 is 9.72 Å². The number of nitrogens with one attached hydrogen (secondary N) is 1. The van der Waals surface area contributed by atoms with Crippen LogP contribution in [0.3, 0.4) is 0 Å². The van der Waals surface area contributed by atoms with Gasteiger partial charge in [0.15, 0.2) is 10.8 Å². The third kappa shape index (κ3) is 3.83. The van der Waals surface area contributed by atoms with Crippen molar-refractivity contribution in [3.63, 3.8) is 0 Å². The Hall–Kier alpha value is -3.99. The van der Waals surface area contributed by atoms with Gasteiger partial charge < -0.3 is 5.32 Å². The number of amides is 1. The Labute approximate surface area is 197 Å². The molecule has 4 aromatic rings. The number of hydrogen-bond acceptors (Lipinski definition) is 7. The number of hydrogen-bond donors (Lipinski definition) is 1. The average molecular weight is 477 g/mol. The Kier molecular flexibility index (Phi) is 5.40. The van der Waals surface area contributed by atoms with E-state index in [2.05, 4.69) is 15.4 Å². The lowest BCUT2D eigenvalue weighted by Crippen LogP contribution is -2.27. The van der Waals surface area contributed by atoms with E-state index in [9.17, 15) is 19.7 Å². The summed E-state index contributed by atoms with van der Waals surface area (Å²) in [5.74, 6) is 0.193. The van der Waals surface area contributed by atoms with Crippen LogP contribution in [0.25, 0.3) is 16.7 Å². The lowest BCUT2D eigenvalue weighted by atomic mass is 10.1. The van der Waals surface area contributed by atoms with E-state index in [1.165, 1.54) is 30.1 Å². The van der Waals surface area contributed by atoms with Crippen LogP contribution in [0.15, 0.2) is 58.6 Å². The van der Waals surface area contributed by atoms with E-state index in [-0.39, 0.29) is 29.6 Å². The van der Waals surface area contributed by atoms with Crippen LogP contribution in [0.5, 0.6) is 0 Å². The number of thioether (sulfide) groups is 1. The molecule has 0 spiro atoms. The number of nitrogens with zero attached hydrogens (tertiary/aromatic N) is 5. The molecule has 1 atom stereocenters. The summed E-state index contributed by atoms with van der Waals surface area (Å²) in [6.07, 6.45) is 1.55. The van der Waals surface area contributed by atoms with Crippen molar-refractivity contribution >= 4 is 40.1 Å². The van der Waals surface area contributed by atoms with E-state index < -0.39 is 4.92 Å². The third-order valence-electron chi connectivity index (χ3n) is 5.74. The molecule has 5 rings (SSSR count). The lowest BCUT2D eigenvalue weighted by Gasteiger charge is -2.14. The number of carbonyl (C=O) groups is 1. The number of benzene rings is 2. The summed E-state index contributed by atoms with van der Waals surface area (Å²) in [6.45, 7) is 3.74. The maximum absolute atomic E-state index is 13.3. The number of nitro benzene ring substituents is 1. The van der Waals surface area contributed by atoms with Crippen molar-refractivity contribution in [2.45, 2.75) is 31.5 Å². The maximum atomic E-state index is 13.3. The van der Waals surface area contributed by atoms with E-state index in [0.29, 0.717) is 33.2 Å². The van der Waals surface area contributed by atoms with E-state index in [0.717, 1.165) is 11.3 Å². The molecular formula is C23H20N6O4S. The van der Waals surface area contributed by atoms with Gasteiger partial charge in [-0.2, -0.15) is 5.10 Å². The molecule has 0 radical (unpaired) electrons. The smallest absolute Gasteiger partial charge is 0.271 e. The van der Waals surface area contributed by atoms with Gasteiger partial charge in [-0.1, -0.05) is 30.0 Å². The Balaban J connectivity index is 1.43. The average Bonchev–Trinajstić information content (AvgIpc) is 3.40. The molecule has 10 nitrogen and oxygen atoms in total. The fourth-order valence-electron chi connectivity index (χ4n) is 4.00. The van der Waals surface area contributed by atoms with Crippen LogP contribution in [-0.2, 0) is 4.79 Å². The zero-order valence-electron chi connectivity index (χ0n) is 18.4. The molecular weight excluding hydrogens is 456 g/mol. The Morgan fingerprint density at radius 2 is 2.09 bits per heavy atom. The fourth-order valence-corrected chi connectivity index (χ4v) is 5.13. The number of aromatic nitrogens is 4. The minimum atomic E-state index is -0.508. The molecule has 34 heavy (non-hydrogen) atoms. The first-order valence-corrected chi connectivity index (χ1v) is 11.6. The summed E-state index contributed by atoms with van der Waals surface area (Å²) in [5, 5.41) is 19.1. The Morgan fingerprint density at radius 3 is 2.85 bits per heavy atom. The molecule has 0 aliphatic carbocycles. The minimum Gasteiger partial charge on any atom is -0.326 e. The van der Waals surface area contributed by atoms with Gasteiger partial charge in [0.2, 0.25) is 5.91 Å². The summed E-state index contributed by atoms with van der Waals surface area (Å²) in [7, 11) is 0. The van der Waals surface area contributed by atoms with Gasteiger partial charge in [0.25, 0.3) is 11.2 Å². The molecule has 0 saturated carbocycles. The van der Waals surface area contributed by atoms with Gasteiger partial charge >= 0.3 is 0 Å². The molecule has 1 N–H and O–H groups in total. The Bertz CT molecular complexity index is 1530. The van der Waals surface area contributed by atoms with Gasteiger partial charge in [0, 0.05) is 24.3 Å². The van der Waals surface area contributed by atoms with Crippen LogP contribution in [-0.4, -0.2) is 35.9 Å². The predicted molar refractivity (Wildman–Crippen MR) is 129 cm³/mol. The van der Waals surface area contributed by atoms with Gasteiger partial charge in [-0.3, -0.25) is 24.3 Å². The van der Waals surface area contributed by atoms with Crippen molar-refractivity contribution in [3.8, 4) is 5.69 Å². The van der Waals surface area contributed by atoms with Crippen molar-refractivity contribution in [2.24, 2.45) is 0 Å². The zero-order valence-corrected chi connectivity index (χ0v) is 19.2. The zero-order chi connectivity index (χ0) is 24.0. The van der Waals surface area contributed by atoms with Crippen molar-refractivity contribution in [1.29, 1.82) is 0 Å². The molecule has 0 saturated heterocycles. The molecule has 172 valence electrons. The lowest BCUT2D eigenvalue weighted by molar-refractivity contribution is -0.384. The number of anilines is 1. The van der Waals surface area contributed by atoms with E-state index >= 15 is 0 Å². The van der Waals surface area contributed by atoms with Crippen LogP contribution < -0.4 is 10.9 Å². The highest BCUT2D eigenvalue weighted by molar-refractivity contribution is 7.99. The van der Waals surface area contributed by atoms with Crippen molar-refractivity contribution in [1.82, 2.24) is 19.3 Å². The second-order valence-electron chi connectivity index (χ2n) is 8.18. The first-order chi connectivity index (χ1) is 16.3. The highest BCUT2D eigenvalue weighted by Gasteiger charge is 2.30. The number of non-ortho nitro benzene ring substituents is 1. The van der Waals surface area contributed by atoms with Gasteiger partial charge in [0.1, 0.15) is 5.39 Å². The molecule has 2 aromatic carbocycles. The maximum Gasteiger partial charge on any atom is 0.271 e. The Morgan fingerprint density at radius 1 is 1.26 bits per heavy atom. The predicted octanol–water partition coefficient (Wildman–Crippen LogP) is 3.78. The fraction of sp³-hybridized carbons (Fsp3) is 0.217. The van der Waals surface area contributed by atoms with E-state index in [1.54, 1.807) is 22.2 Å². The van der Waals surface area contributed by atoms with Crippen LogP contribution in [0.1, 0.15) is 23.6 Å². The highest BCUT2D eigenvalue weighted by Crippen LogP contribution is 2.34. The molecule has 1 aliphatic rings. The van der Waals surface area contributed by atoms with Crippen LogP contribution in [0.2, 0.25) is 0 Å². The minimum absolute atomic E-state index is 0.0429. The first kappa shape index (κ1) is 21.8. The normalized spacial score (nSPS) is 14.8. The van der Waals surface area contributed by atoms with Crippen LogP contribution in [0.4, 0.5) is 11.4 Å². The van der Waals surface area contributed by atoms with Gasteiger partial charge in [-0.15, -0.1) is 0 Å². The van der Waals surface area contributed by atoms with Gasteiger partial charge in [-0.05, 0) is 37.1 Å². The molecule has 3 heterocycles. The van der Waals surface area contributed by atoms with Crippen LogP contribution in [0, 0.1) is 24.0 Å². The molecule has 0 bridgehead atoms. The van der Waals surface area contributed by atoms with Crippen LogP contribution >= 0.6 is 11.8 Å². The molecule has 1 amide bonds. The third-order valence-corrected chi connectivity index (χ3v) is 6.84. The number of carbonyl (C=O) groups excluding carboxylic acids is 1. The monoisotopic (exact) mass is 476 g/mol. The summed E-state index contributed by atoms with van der Waals surface area (Å²) >= 11 is 1.41. The van der Waals surface area contributed by atoms with Crippen molar-refractivity contribution in [2.75, 3.05) is 11.1 Å². The number of aryl methyl sites for hydroxylation is 2. The summed E-state index contributed by atoms with van der Waals surface area (Å²) < 4.78 is 3.20. The number of fused-ring (bicyclic) bond motifs is 2. The largest absolute Gasteiger partial charge is 0.326 e. The van der Waals surface area contributed by atoms with Gasteiger partial charge in [0.05, 0.1) is 28.5 Å². The molecule has 1 unspecified atom stereocenters. The second-order valence-corrected chi connectivity index (χ2v) is 9.16. The number of rotatable bonds is 5. The quantitative estimate of drug-likeness (QED) is 0.264. The summed E-state index contributed by atoms with van der Waals surface area (Å²) in [6, 6.07) is 11.7. The van der Waals surface area contributed by atoms with E-state index in [4.69, 9.17) is 0 Å². The topological polar surface area (TPSA) is 125 Å². The highest BCUT2D eigenvalue weighted by atomic mass is 32.2. The second kappa shape index (κ2) is 8.41. The van der Waals surface area contributed by atoms with E-state index in [1.807, 2.05) is 31.2 Å². The summed E-state index contributed by atoms with van der Waals surface area (Å²) in [4.78, 5) is 41.3. The molecule has 11 heteroatoms. The molecule has 2 aromatic heterocycles. The first-order valence-electron chi connectivity index (χ1n) is 10.6. The van der Waals surface area contributed by atoms with Crippen molar-refractivity contribution in [3.05, 3.63) is 80.3 Å².